The predicted molar refractivity (Wildman–Crippen MR) is 98.8 cm³/mol. The summed E-state index contributed by atoms with van der Waals surface area (Å²) in [6.07, 6.45) is -0.179. The van der Waals surface area contributed by atoms with Gasteiger partial charge in [-0.2, -0.15) is 26.0 Å². The summed E-state index contributed by atoms with van der Waals surface area (Å²) in [5, 5.41) is 3.72. The molecule has 0 unspecified atom stereocenters. The number of halogens is 4. The third-order valence-corrected chi connectivity index (χ3v) is 5.38. The van der Waals surface area contributed by atoms with Crippen LogP contribution in [-0.4, -0.2) is 63.5 Å². The fourth-order valence-electron chi connectivity index (χ4n) is 1.35. The Hall–Kier alpha value is -0.0400. The summed E-state index contributed by atoms with van der Waals surface area (Å²) in [6, 6.07) is 0. The van der Waals surface area contributed by atoms with Gasteiger partial charge in [-0.3, -0.25) is 4.18 Å². The largest absolute Gasteiger partial charge is 1.00 e. The van der Waals surface area contributed by atoms with E-state index in [0.717, 1.165) is 12.8 Å². The van der Waals surface area contributed by atoms with Crippen molar-refractivity contribution in [2.45, 2.75) is 44.3 Å². The molecule has 0 radical (unpaired) electrons. The van der Waals surface area contributed by atoms with Crippen LogP contribution in [-0.2, 0) is 38.7 Å². The van der Waals surface area contributed by atoms with E-state index in [9.17, 15) is 53.6 Å². The van der Waals surface area contributed by atoms with Crippen molar-refractivity contribution in [3.63, 3.8) is 0 Å². The summed E-state index contributed by atoms with van der Waals surface area (Å²) in [5.74, 6) is -7.22. The first-order valence-electron chi connectivity index (χ1n) is 8.45. The van der Waals surface area contributed by atoms with Gasteiger partial charge in [0, 0.05) is 5.57 Å². The third kappa shape index (κ3) is 16.6. The van der Waals surface area contributed by atoms with Crippen molar-refractivity contribution >= 4 is 32.2 Å². The van der Waals surface area contributed by atoms with Crippen molar-refractivity contribution in [1.29, 1.82) is 0 Å². The normalized spacial score (nSPS) is 14.8. The van der Waals surface area contributed by atoms with Crippen molar-refractivity contribution in [3.8, 4) is 0 Å². The van der Waals surface area contributed by atoms with E-state index >= 15 is 0 Å². The Kier molecular flexibility index (Phi) is 21.1. The molecule has 0 spiro atoms. The maximum Gasteiger partial charge on any atom is 1.00 e. The van der Waals surface area contributed by atoms with Gasteiger partial charge in [-0.05, 0) is 32.3 Å². The molecule has 0 aliphatic carbocycles. The van der Waals surface area contributed by atoms with Gasteiger partial charge < -0.3 is 19.2 Å². The van der Waals surface area contributed by atoms with E-state index in [1.165, 1.54) is 13.8 Å². The van der Waals surface area contributed by atoms with Gasteiger partial charge in [0.05, 0.1) is 31.4 Å². The van der Waals surface area contributed by atoms with Crippen molar-refractivity contribution in [1.82, 2.24) is 0 Å². The smallest absolute Gasteiger partial charge is 0.743 e. The molecular formula is C16H22F4Na2O10S2. The Balaban J connectivity index is -0.000000232. The summed E-state index contributed by atoms with van der Waals surface area (Å²) < 4.78 is 110. The van der Waals surface area contributed by atoms with Crippen LogP contribution in [0.3, 0.4) is 0 Å². The second-order valence-electron chi connectivity index (χ2n) is 6.20. The molecule has 0 aromatic carbocycles. The monoisotopic (exact) mass is 560 g/mol. The zero-order chi connectivity index (χ0) is 26.0. The van der Waals surface area contributed by atoms with Crippen LogP contribution in [0.4, 0.5) is 17.6 Å². The number of carbonyl (C=O) groups excluding carboxylic acids is 2. The topological polar surface area (TPSA) is 167 Å². The van der Waals surface area contributed by atoms with E-state index in [1.54, 1.807) is 0 Å². The third-order valence-electron chi connectivity index (χ3n) is 3.14. The van der Waals surface area contributed by atoms with E-state index in [2.05, 4.69) is 22.1 Å². The molecular weight excluding hydrogens is 538 g/mol. The molecule has 0 saturated carbocycles. The van der Waals surface area contributed by atoms with E-state index in [-0.39, 0.29) is 76.0 Å². The van der Waals surface area contributed by atoms with Crippen LogP contribution in [0.1, 0.15) is 33.1 Å². The van der Waals surface area contributed by atoms with Crippen LogP contribution in [0.5, 0.6) is 0 Å². The minimum atomic E-state index is -6.52. The minimum Gasteiger partial charge on any atom is -0.743 e. The first-order chi connectivity index (χ1) is 14.2. The maximum absolute atomic E-state index is 12.8. The van der Waals surface area contributed by atoms with Gasteiger partial charge in [0.15, 0.2) is 10.1 Å². The SMILES string of the molecule is C=C(C)C(=O)OCCC(F)(F)C(F)(F)S(=O)(=O)[O-].C=C(C)C(=O)[O-].O=S1(=O)CCCCO1.[Na+].[Na+]. The summed E-state index contributed by atoms with van der Waals surface area (Å²) in [5.41, 5.74) is -0.0866. The van der Waals surface area contributed by atoms with Crippen molar-refractivity contribution in [2.24, 2.45) is 0 Å². The molecule has 0 aromatic rings. The Morgan fingerprint density at radius 1 is 1.06 bits per heavy atom. The van der Waals surface area contributed by atoms with Crippen LogP contribution in [0.25, 0.3) is 0 Å². The summed E-state index contributed by atoms with van der Waals surface area (Å²) in [4.78, 5) is 20.2. The molecule has 1 heterocycles. The number of esters is 1. The molecule has 1 aliphatic rings. The molecule has 0 atom stereocenters. The Labute approximate surface area is 239 Å². The summed E-state index contributed by atoms with van der Waals surface area (Å²) >= 11 is 0. The fraction of sp³-hybridized carbons (Fsp3) is 0.625. The minimum absolute atomic E-state index is 0. The molecule has 1 saturated heterocycles. The average Bonchev–Trinajstić information content (AvgIpc) is 2.61. The molecule has 0 N–H and O–H groups in total. The van der Waals surface area contributed by atoms with Crippen LogP contribution in [0, 0.1) is 0 Å². The predicted octanol–water partition coefficient (Wildman–Crippen LogP) is -5.28. The zero-order valence-electron chi connectivity index (χ0n) is 19.1. The molecule has 10 nitrogen and oxygen atoms in total. The number of hydrogen-bond donors (Lipinski definition) is 0. The van der Waals surface area contributed by atoms with Gasteiger partial charge in [0.2, 0.25) is 0 Å². The molecule has 188 valence electrons. The molecule has 1 fully saturated rings. The standard InChI is InChI=1S/C8H10F4O5S.C4H8O3S.C4H6O2.2Na/c1-5(2)6(13)17-4-3-7(9,10)8(11,12)18(14,15)16;5-8(6)4-2-1-3-7-8;1-3(2)4(5)6;;/h1,3-4H2,2H3,(H,14,15,16);1-4H2;1H2,2H3,(H,5,6);;/q;;;2*+1/p-2. The first kappa shape index (κ1) is 41.1. The molecule has 1 rings (SSSR count). The maximum atomic E-state index is 12.8. The van der Waals surface area contributed by atoms with Gasteiger partial charge in [0.25, 0.3) is 10.1 Å². The Morgan fingerprint density at radius 3 is 1.74 bits per heavy atom. The van der Waals surface area contributed by atoms with Gasteiger partial charge in [-0.1, -0.05) is 13.2 Å². The molecule has 0 aromatic heterocycles. The molecule has 0 amide bonds. The fourth-order valence-corrected chi connectivity index (χ4v) is 2.86. The molecule has 34 heavy (non-hydrogen) atoms. The number of carbonyl (C=O) groups is 2. The summed E-state index contributed by atoms with van der Waals surface area (Å²) in [7, 11) is -9.60. The second-order valence-corrected chi connectivity index (χ2v) is 9.38. The van der Waals surface area contributed by atoms with Crippen LogP contribution < -0.4 is 64.2 Å². The van der Waals surface area contributed by atoms with Gasteiger partial charge in [-0.15, -0.1) is 0 Å². The van der Waals surface area contributed by atoms with Gasteiger partial charge >= 0.3 is 76.3 Å². The van der Waals surface area contributed by atoms with Crippen LogP contribution in [0.15, 0.2) is 24.3 Å². The van der Waals surface area contributed by atoms with Gasteiger partial charge in [-0.25, -0.2) is 13.2 Å². The average molecular weight is 560 g/mol. The number of carboxylic acid groups (broad SMARTS) is 1. The number of alkyl halides is 4. The van der Waals surface area contributed by atoms with E-state index in [4.69, 9.17) is 0 Å². The Bertz CT molecular complexity index is 883. The number of rotatable bonds is 7. The van der Waals surface area contributed by atoms with Crippen molar-refractivity contribution in [3.05, 3.63) is 24.3 Å². The second kappa shape index (κ2) is 17.4. The Morgan fingerprint density at radius 2 is 1.50 bits per heavy atom. The number of ether oxygens (including phenoxy) is 1. The van der Waals surface area contributed by atoms with E-state index < -0.39 is 56.4 Å². The van der Waals surface area contributed by atoms with Crippen molar-refractivity contribution in [2.75, 3.05) is 19.0 Å². The number of aliphatic carboxylic acids is 1. The van der Waals surface area contributed by atoms with E-state index in [1.807, 2.05) is 0 Å². The number of carboxylic acids is 1. The van der Waals surface area contributed by atoms with Crippen LogP contribution >= 0.6 is 0 Å². The van der Waals surface area contributed by atoms with Gasteiger partial charge in [0.1, 0.15) is 0 Å². The molecule has 1 aliphatic heterocycles. The van der Waals surface area contributed by atoms with Crippen molar-refractivity contribution < 1.29 is 122 Å². The molecule has 0 bridgehead atoms. The van der Waals surface area contributed by atoms with E-state index in [0.29, 0.717) is 6.61 Å². The molecule has 18 heteroatoms. The van der Waals surface area contributed by atoms with Crippen LogP contribution in [0.2, 0.25) is 0 Å². The summed E-state index contributed by atoms with van der Waals surface area (Å²) in [6.45, 7) is 7.97. The first-order valence-corrected chi connectivity index (χ1v) is 11.4. The number of hydrogen-bond acceptors (Lipinski definition) is 10. The quantitative estimate of drug-likeness (QED) is 0.0733. The zero-order valence-corrected chi connectivity index (χ0v) is 24.7.